The first kappa shape index (κ1) is 12.5. The third-order valence-corrected chi connectivity index (χ3v) is 3.00. The molecule has 0 radical (unpaired) electrons. The molecule has 0 spiro atoms. The summed E-state index contributed by atoms with van der Waals surface area (Å²) >= 11 is 0. The van der Waals surface area contributed by atoms with Crippen LogP contribution >= 0.6 is 0 Å². The summed E-state index contributed by atoms with van der Waals surface area (Å²) in [5.74, 6) is 0.105. The molecular weight excluding hydrogens is 192 g/mol. The van der Waals surface area contributed by atoms with Crippen LogP contribution in [-0.4, -0.2) is 61.1 Å². The SMILES string of the molecule is CCN1CC(C)N(C(=O)COC)C(C)C1. The van der Waals surface area contributed by atoms with Crippen LogP contribution in [0.3, 0.4) is 0 Å². The molecule has 0 aromatic rings. The fourth-order valence-electron chi connectivity index (χ4n) is 2.38. The molecule has 0 aromatic heterocycles. The molecule has 1 rings (SSSR count). The van der Waals surface area contributed by atoms with Crippen molar-refractivity contribution in [3.63, 3.8) is 0 Å². The third-order valence-electron chi connectivity index (χ3n) is 3.00. The summed E-state index contributed by atoms with van der Waals surface area (Å²) in [7, 11) is 1.57. The van der Waals surface area contributed by atoms with Crippen LogP contribution in [-0.2, 0) is 9.53 Å². The van der Waals surface area contributed by atoms with Crippen molar-refractivity contribution in [3.8, 4) is 0 Å². The summed E-state index contributed by atoms with van der Waals surface area (Å²) in [6.45, 7) is 9.55. The molecule has 4 nitrogen and oxygen atoms in total. The predicted molar refractivity (Wildman–Crippen MR) is 59.8 cm³/mol. The highest BCUT2D eigenvalue weighted by Gasteiger charge is 2.31. The molecule has 4 heteroatoms. The Morgan fingerprint density at radius 2 is 1.87 bits per heavy atom. The lowest BCUT2D eigenvalue weighted by molar-refractivity contribution is -0.143. The van der Waals surface area contributed by atoms with Gasteiger partial charge in [0.2, 0.25) is 5.91 Å². The van der Waals surface area contributed by atoms with E-state index in [9.17, 15) is 4.79 Å². The molecule has 1 saturated heterocycles. The number of nitrogens with zero attached hydrogens (tertiary/aromatic N) is 2. The molecule has 0 bridgehead atoms. The Kier molecular flexibility index (Phi) is 4.54. The van der Waals surface area contributed by atoms with E-state index >= 15 is 0 Å². The molecule has 1 fully saturated rings. The van der Waals surface area contributed by atoms with Crippen LogP contribution in [0.5, 0.6) is 0 Å². The summed E-state index contributed by atoms with van der Waals surface area (Å²) in [5, 5.41) is 0. The molecule has 2 unspecified atom stereocenters. The van der Waals surface area contributed by atoms with Gasteiger partial charge in [0, 0.05) is 32.3 Å². The number of methoxy groups -OCH3 is 1. The summed E-state index contributed by atoms with van der Waals surface area (Å²) in [6.07, 6.45) is 0. The maximum absolute atomic E-state index is 11.8. The zero-order chi connectivity index (χ0) is 11.4. The van der Waals surface area contributed by atoms with Crippen LogP contribution < -0.4 is 0 Å². The van der Waals surface area contributed by atoms with Crippen molar-refractivity contribution in [2.75, 3.05) is 33.4 Å². The molecule has 2 atom stereocenters. The number of ether oxygens (including phenoxy) is 1. The van der Waals surface area contributed by atoms with Crippen LogP contribution in [0.1, 0.15) is 20.8 Å². The second kappa shape index (κ2) is 5.47. The fourth-order valence-corrected chi connectivity index (χ4v) is 2.38. The Hall–Kier alpha value is -0.610. The minimum atomic E-state index is 0.105. The van der Waals surface area contributed by atoms with Gasteiger partial charge in [-0.25, -0.2) is 0 Å². The van der Waals surface area contributed by atoms with Gasteiger partial charge < -0.3 is 9.64 Å². The van der Waals surface area contributed by atoms with Gasteiger partial charge in [0.05, 0.1) is 0 Å². The highest BCUT2D eigenvalue weighted by molar-refractivity contribution is 5.78. The van der Waals surface area contributed by atoms with Crippen molar-refractivity contribution >= 4 is 5.91 Å². The number of carbonyl (C=O) groups excluding carboxylic acids is 1. The third kappa shape index (κ3) is 2.92. The number of rotatable bonds is 3. The predicted octanol–water partition coefficient (Wildman–Crippen LogP) is 0.574. The molecule has 1 aliphatic rings. The second-order valence-electron chi connectivity index (χ2n) is 4.28. The van der Waals surface area contributed by atoms with Gasteiger partial charge >= 0.3 is 0 Å². The first-order chi connectivity index (χ1) is 7.10. The maximum atomic E-state index is 11.8. The van der Waals surface area contributed by atoms with Crippen LogP contribution in [0.2, 0.25) is 0 Å². The zero-order valence-corrected chi connectivity index (χ0v) is 10.2. The van der Waals surface area contributed by atoms with Crippen LogP contribution in [0.15, 0.2) is 0 Å². The molecule has 0 saturated carbocycles. The van der Waals surface area contributed by atoms with Gasteiger partial charge in [-0.3, -0.25) is 9.69 Å². The number of hydrogen-bond acceptors (Lipinski definition) is 3. The van der Waals surface area contributed by atoms with E-state index < -0.39 is 0 Å². The molecule has 1 heterocycles. The number of likely N-dealkylation sites (N-methyl/N-ethyl adjacent to an activating group) is 1. The lowest BCUT2D eigenvalue weighted by Gasteiger charge is -2.44. The van der Waals surface area contributed by atoms with E-state index in [1.807, 2.05) is 4.90 Å². The van der Waals surface area contributed by atoms with E-state index in [1.54, 1.807) is 7.11 Å². The number of amides is 1. The normalized spacial score (nSPS) is 28.1. The smallest absolute Gasteiger partial charge is 0.249 e. The number of hydrogen-bond donors (Lipinski definition) is 0. The molecule has 0 aromatic carbocycles. The summed E-state index contributed by atoms with van der Waals surface area (Å²) in [6, 6.07) is 0.577. The number of piperazine rings is 1. The zero-order valence-electron chi connectivity index (χ0n) is 10.2. The standard InChI is InChI=1S/C11H22N2O2/c1-5-12-6-9(2)13(10(3)7-12)11(14)8-15-4/h9-10H,5-8H2,1-4H3. The summed E-state index contributed by atoms with van der Waals surface area (Å²) < 4.78 is 4.90. The highest BCUT2D eigenvalue weighted by Crippen LogP contribution is 2.15. The van der Waals surface area contributed by atoms with Gasteiger partial charge in [0.15, 0.2) is 0 Å². The molecule has 0 aliphatic carbocycles. The molecule has 15 heavy (non-hydrogen) atoms. The van der Waals surface area contributed by atoms with E-state index in [1.165, 1.54) is 0 Å². The van der Waals surface area contributed by atoms with Gasteiger partial charge in [-0.1, -0.05) is 6.92 Å². The molecule has 0 N–H and O–H groups in total. The summed E-state index contributed by atoms with van der Waals surface area (Å²) in [4.78, 5) is 16.1. The lowest BCUT2D eigenvalue weighted by atomic mass is 10.1. The average molecular weight is 214 g/mol. The molecule has 88 valence electrons. The Morgan fingerprint density at radius 3 is 2.27 bits per heavy atom. The largest absolute Gasteiger partial charge is 0.375 e. The fraction of sp³-hybridized carbons (Fsp3) is 0.909. The Morgan fingerprint density at radius 1 is 1.33 bits per heavy atom. The second-order valence-corrected chi connectivity index (χ2v) is 4.28. The minimum Gasteiger partial charge on any atom is -0.375 e. The maximum Gasteiger partial charge on any atom is 0.249 e. The van der Waals surface area contributed by atoms with Gasteiger partial charge in [0.1, 0.15) is 6.61 Å². The first-order valence-electron chi connectivity index (χ1n) is 5.62. The topological polar surface area (TPSA) is 32.8 Å². The summed E-state index contributed by atoms with van der Waals surface area (Å²) in [5.41, 5.74) is 0. The van der Waals surface area contributed by atoms with Crippen molar-refractivity contribution in [1.29, 1.82) is 0 Å². The van der Waals surface area contributed by atoms with Crippen molar-refractivity contribution in [2.45, 2.75) is 32.9 Å². The van der Waals surface area contributed by atoms with Gasteiger partial charge in [-0.05, 0) is 20.4 Å². The minimum absolute atomic E-state index is 0.105. The Bertz CT molecular complexity index is 209. The van der Waals surface area contributed by atoms with E-state index in [-0.39, 0.29) is 24.6 Å². The van der Waals surface area contributed by atoms with Crippen molar-refractivity contribution in [3.05, 3.63) is 0 Å². The van der Waals surface area contributed by atoms with E-state index in [4.69, 9.17) is 4.74 Å². The van der Waals surface area contributed by atoms with Crippen LogP contribution in [0.4, 0.5) is 0 Å². The van der Waals surface area contributed by atoms with Crippen LogP contribution in [0, 0.1) is 0 Å². The van der Waals surface area contributed by atoms with Crippen molar-refractivity contribution < 1.29 is 9.53 Å². The monoisotopic (exact) mass is 214 g/mol. The highest BCUT2D eigenvalue weighted by atomic mass is 16.5. The Labute approximate surface area is 92.2 Å². The van der Waals surface area contributed by atoms with E-state index in [0.29, 0.717) is 0 Å². The first-order valence-corrected chi connectivity index (χ1v) is 5.62. The quantitative estimate of drug-likeness (QED) is 0.689. The van der Waals surface area contributed by atoms with E-state index in [0.717, 1.165) is 19.6 Å². The lowest BCUT2D eigenvalue weighted by Crippen LogP contribution is -2.59. The van der Waals surface area contributed by atoms with Gasteiger partial charge in [0.25, 0.3) is 0 Å². The number of carbonyl (C=O) groups is 1. The van der Waals surface area contributed by atoms with Crippen LogP contribution in [0.25, 0.3) is 0 Å². The van der Waals surface area contributed by atoms with Crippen molar-refractivity contribution in [1.82, 2.24) is 9.80 Å². The van der Waals surface area contributed by atoms with Gasteiger partial charge in [-0.2, -0.15) is 0 Å². The average Bonchev–Trinajstić information content (AvgIpc) is 2.16. The van der Waals surface area contributed by atoms with Crippen molar-refractivity contribution in [2.24, 2.45) is 0 Å². The molecule has 1 aliphatic heterocycles. The van der Waals surface area contributed by atoms with Gasteiger partial charge in [-0.15, -0.1) is 0 Å². The Balaban J connectivity index is 2.61. The molecule has 1 amide bonds. The van der Waals surface area contributed by atoms with E-state index in [2.05, 4.69) is 25.7 Å². The molecular formula is C11H22N2O2.